The summed E-state index contributed by atoms with van der Waals surface area (Å²) in [6.45, 7) is 0. The molecular formula is C2H4ClN3O2. The third-order valence-corrected chi connectivity index (χ3v) is 0.378. The Bertz CT molecular complexity index is 99.9. The highest BCUT2D eigenvalue weighted by Gasteiger charge is 1.91. The smallest absolute Gasteiger partial charge is 0.332 e. The standard InChI is InChI=1S/C2H4ClN3O2/c3-1(7)5-6-2(4)8/h(H,5,7)(H3,4,6,8). The summed E-state index contributed by atoms with van der Waals surface area (Å²) in [5.41, 5.74) is 8.02. The Labute approximate surface area is 50.1 Å². The molecule has 0 aliphatic carbocycles. The van der Waals surface area contributed by atoms with Gasteiger partial charge >= 0.3 is 11.4 Å². The van der Waals surface area contributed by atoms with E-state index in [4.69, 9.17) is 11.6 Å². The van der Waals surface area contributed by atoms with Crippen molar-refractivity contribution in [3.63, 3.8) is 0 Å². The van der Waals surface area contributed by atoms with Crippen LogP contribution in [0.15, 0.2) is 0 Å². The number of amides is 3. The molecule has 0 saturated heterocycles. The predicted molar refractivity (Wildman–Crippen MR) is 27.1 cm³/mol. The molecule has 6 heteroatoms. The van der Waals surface area contributed by atoms with Gasteiger partial charge in [-0.2, -0.15) is 0 Å². The van der Waals surface area contributed by atoms with Crippen molar-refractivity contribution in [3.8, 4) is 0 Å². The number of hydrogen-bond donors (Lipinski definition) is 3. The second-order valence-corrected chi connectivity index (χ2v) is 1.23. The molecule has 0 aliphatic heterocycles. The van der Waals surface area contributed by atoms with Crippen LogP contribution in [0.2, 0.25) is 0 Å². The van der Waals surface area contributed by atoms with E-state index in [0.717, 1.165) is 0 Å². The number of halogens is 1. The molecule has 0 atom stereocenters. The number of rotatable bonds is 0. The lowest BCUT2D eigenvalue weighted by molar-refractivity contribution is 0.238. The Morgan fingerprint density at radius 3 is 2.00 bits per heavy atom. The number of urea groups is 1. The van der Waals surface area contributed by atoms with Crippen molar-refractivity contribution in [2.24, 2.45) is 5.73 Å². The lowest BCUT2D eigenvalue weighted by Gasteiger charge is -1.95. The highest BCUT2D eigenvalue weighted by Crippen LogP contribution is 1.70. The van der Waals surface area contributed by atoms with Crippen LogP contribution >= 0.6 is 11.6 Å². The molecular weight excluding hydrogens is 133 g/mol. The van der Waals surface area contributed by atoms with E-state index in [1.807, 2.05) is 0 Å². The van der Waals surface area contributed by atoms with Gasteiger partial charge in [0.1, 0.15) is 0 Å². The molecule has 0 bridgehead atoms. The molecule has 0 rings (SSSR count). The molecule has 4 N–H and O–H groups in total. The first-order chi connectivity index (χ1) is 3.63. The van der Waals surface area contributed by atoms with Gasteiger partial charge in [0.05, 0.1) is 0 Å². The lowest BCUT2D eigenvalue weighted by atomic mass is 11.1. The number of nitrogens with two attached hydrogens (primary N) is 1. The topological polar surface area (TPSA) is 84.2 Å². The Morgan fingerprint density at radius 2 is 1.88 bits per heavy atom. The van der Waals surface area contributed by atoms with Gasteiger partial charge in [-0.25, -0.2) is 10.2 Å². The van der Waals surface area contributed by atoms with Crippen molar-refractivity contribution in [1.29, 1.82) is 0 Å². The minimum Gasteiger partial charge on any atom is -0.350 e. The van der Waals surface area contributed by atoms with Crippen molar-refractivity contribution in [2.75, 3.05) is 0 Å². The van der Waals surface area contributed by atoms with Crippen molar-refractivity contribution >= 4 is 23.0 Å². The van der Waals surface area contributed by atoms with Gasteiger partial charge in [-0.1, -0.05) is 0 Å². The lowest BCUT2D eigenvalue weighted by Crippen LogP contribution is -2.42. The van der Waals surface area contributed by atoms with Gasteiger partial charge in [0.15, 0.2) is 0 Å². The summed E-state index contributed by atoms with van der Waals surface area (Å²) in [6.07, 6.45) is 0. The zero-order valence-electron chi connectivity index (χ0n) is 3.77. The van der Waals surface area contributed by atoms with Gasteiger partial charge in [-0.15, -0.1) is 0 Å². The normalized spacial score (nSPS) is 7.62. The van der Waals surface area contributed by atoms with Crippen LogP contribution in [0.3, 0.4) is 0 Å². The third kappa shape index (κ3) is 5.03. The van der Waals surface area contributed by atoms with Crippen LogP contribution in [0.5, 0.6) is 0 Å². The van der Waals surface area contributed by atoms with Crippen molar-refractivity contribution < 1.29 is 9.59 Å². The molecule has 0 unspecified atom stereocenters. The molecule has 0 aliphatic rings. The van der Waals surface area contributed by atoms with E-state index in [9.17, 15) is 9.59 Å². The van der Waals surface area contributed by atoms with Gasteiger partial charge in [0.25, 0.3) is 0 Å². The molecule has 3 amide bonds. The van der Waals surface area contributed by atoms with E-state index >= 15 is 0 Å². The van der Waals surface area contributed by atoms with Crippen LogP contribution in [0.4, 0.5) is 9.59 Å². The fourth-order valence-corrected chi connectivity index (χ4v) is 0.158. The van der Waals surface area contributed by atoms with E-state index < -0.39 is 11.4 Å². The van der Waals surface area contributed by atoms with Crippen LogP contribution in [0.1, 0.15) is 0 Å². The Morgan fingerprint density at radius 1 is 1.38 bits per heavy atom. The number of hydrazine groups is 1. The summed E-state index contributed by atoms with van der Waals surface area (Å²) in [4.78, 5) is 19.5. The number of carbonyl (C=O) groups is 2. The zero-order chi connectivity index (χ0) is 6.57. The molecule has 8 heavy (non-hydrogen) atoms. The fourth-order valence-electron chi connectivity index (χ4n) is 0.111. The van der Waals surface area contributed by atoms with E-state index in [1.165, 1.54) is 0 Å². The van der Waals surface area contributed by atoms with Crippen molar-refractivity contribution in [2.45, 2.75) is 0 Å². The van der Waals surface area contributed by atoms with Crippen LogP contribution < -0.4 is 16.6 Å². The molecule has 0 fully saturated rings. The molecule has 0 saturated carbocycles. The maximum absolute atomic E-state index is 9.74. The van der Waals surface area contributed by atoms with Crippen molar-refractivity contribution in [1.82, 2.24) is 10.9 Å². The zero-order valence-corrected chi connectivity index (χ0v) is 4.53. The minimum atomic E-state index is -0.885. The largest absolute Gasteiger partial charge is 0.350 e. The number of primary amides is 1. The summed E-state index contributed by atoms with van der Waals surface area (Å²) in [5, 5.41) is -0.885. The quantitative estimate of drug-likeness (QED) is 0.239. The predicted octanol–water partition coefficient (Wildman–Crippen LogP) is -0.482. The molecule has 5 nitrogen and oxygen atoms in total. The maximum Gasteiger partial charge on any atom is 0.332 e. The average Bonchev–Trinajstić information content (AvgIpc) is 1.61. The third-order valence-electron chi connectivity index (χ3n) is 0.284. The molecule has 0 spiro atoms. The van der Waals surface area contributed by atoms with Gasteiger partial charge in [0, 0.05) is 0 Å². The molecule has 0 aromatic heterocycles. The average molecular weight is 138 g/mol. The Kier molecular flexibility index (Phi) is 2.71. The van der Waals surface area contributed by atoms with Crippen molar-refractivity contribution in [3.05, 3.63) is 0 Å². The Hall–Kier alpha value is -0.970. The molecule has 46 valence electrons. The monoisotopic (exact) mass is 137 g/mol. The van der Waals surface area contributed by atoms with Gasteiger partial charge in [-0.3, -0.25) is 10.2 Å². The Balaban J connectivity index is 3.18. The van der Waals surface area contributed by atoms with E-state index in [1.54, 1.807) is 10.9 Å². The van der Waals surface area contributed by atoms with Crippen LogP contribution in [0.25, 0.3) is 0 Å². The van der Waals surface area contributed by atoms with Gasteiger partial charge in [0.2, 0.25) is 0 Å². The fraction of sp³-hybridized carbons (Fsp3) is 0. The highest BCUT2D eigenvalue weighted by atomic mass is 35.5. The SMILES string of the molecule is NC(=O)NNC(=O)Cl. The first kappa shape index (κ1) is 7.03. The summed E-state index contributed by atoms with van der Waals surface area (Å²) >= 11 is 4.70. The summed E-state index contributed by atoms with van der Waals surface area (Å²) < 4.78 is 0. The number of hydrogen-bond acceptors (Lipinski definition) is 2. The number of carbonyl (C=O) groups excluding carboxylic acids is 2. The van der Waals surface area contributed by atoms with E-state index in [-0.39, 0.29) is 0 Å². The molecule has 0 aromatic rings. The summed E-state index contributed by atoms with van der Waals surface area (Å²) in [5.74, 6) is 0. The second kappa shape index (κ2) is 3.09. The first-order valence-corrected chi connectivity index (χ1v) is 2.01. The molecule has 0 aromatic carbocycles. The van der Waals surface area contributed by atoms with Crippen LogP contribution in [-0.4, -0.2) is 11.4 Å². The van der Waals surface area contributed by atoms with E-state index in [0.29, 0.717) is 0 Å². The highest BCUT2D eigenvalue weighted by molar-refractivity contribution is 6.62. The molecule has 0 heterocycles. The van der Waals surface area contributed by atoms with Gasteiger partial charge < -0.3 is 5.73 Å². The van der Waals surface area contributed by atoms with Gasteiger partial charge in [-0.05, 0) is 11.6 Å². The first-order valence-electron chi connectivity index (χ1n) is 1.64. The van der Waals surface area contributed by atoms with E-state index in [2.05, 4.69) is 5.73 Å². The summed E-state index contributed by atoms with van der Waals surface area (Å²) in [7, 11) is 0. The minimum absolute atomic E-state index is 0.862. The maximum atomic E-state index is 9.74. The number of nitrogens with one attached hydrogen (secondary N) is 2. The van der Waals surface area contributed by atoms with Crippen LogP contribution in [0, 0.1) is 0 Å². The second-order valence-electron chi connectivity index (χ2n) is 0.888. The summed E-state index contributed by atoms with van der Waals surface area (Å²) in [6, 6.07) is -0.862. The molecule has 0 radical (unpaired) electrons. The van der Waals surface area contributed by atoms with Crippen LogP contribution in [-0.2, 0) is 0 Å².